The molecule has 1 N–H and O–H groups in total. The van der Waals surface area contributed by atoms with Crippen LogP contribution in [-0.2, 0) is 14.8 Å². The van der Waals surface area contributed by atoms with Crippen LogP contribution >= 0.6 is 0 Å². The number of piperidine rings is 1. The van der Waals surface area contributed by atoms with E-state index in [-0.39, 0.29) is 42.6 Å². The zero-order chi connectivity index (χ0) is 23.6. The van der Waals surface area contributed by atoms with Crippen molar-refractivity contribution in [3.63, 3.8) is 0 Å². The van der Waals surface area contributed by atoms with Crippen molar-refractivity contribution in [2.24, 2.45) is 5.92 Å². The molecule has 10 heteroatoms. The summed E-state index contributed by atoms with van der Waals surface area (Å²) in [5.74, 6) is -3.17. The van der Waals surface area contributed by atoms with Gasteiger partial charge in [-0.05, 0) is 56.0 Å². The fraction of sp³-hybridized carbons (Fsp3) is 0.391. The van der Waals surface area contributed by atoms with Gasteiger partial charge < -0.3 is 10.2 Å². The lowest BCUT2D eigenvalue weighted by atomic mass is 9.97. The zero-order valence-electron chi connectivity index (χ0n) is 18.0. The number of halogens is 2. The van der Waals surface area contributed by atoms with Crippen LogP contribution in [0.25, 0.3) is 0 Å². The number of hydrogen-bond acceptors (Lipinski definition) is 4. The van der Waals surface area contributed by atoms with E-state index in [1.807, 2.05) is 0 Å². The number of amides is 2. The van der Waals surface area contributed by atoms with Crippen LogP contribution in [0.3, 0.4) is 0 Å². The van der Waals surface area contributed by atoms with Crippen LogP contribution in [0.1, 0.15) is 36.0 Å². The van der Waals surface area contributed by atoms with Crippen molar-refractivity contribution in [2.75, 3.05) is 31.5 Å². The van der Waals surface area contributed by atoms with Crippen LogP contribution in [0.5, 0.6) is 0 Å². The fourth-order valence-corrected chi connectivity index (χ4v) is 5.73. The SMILES string of the molecule is O=C(Nc1ccccc1C(=O)N1CCCC1)C1CCN(S(=O)(=O)c2ccc(F)c(F)c2)CC1. The van der Waals surface area contributed by atoms with Crippen molar-refractivity contribution in [3.8, 4) is 0 Å². The number of carbonyl (C=O) groups excluding carboxylic acids is 2. The van der Waals surface area contributed by atoms with E-state index in [1.165, 1.54) is 4.31 Å². The number of sulfonamides is 1. The van der Waals surface area contributed by atoms with E-state index in [1.54, 1.807) is 29.2 Å². The molecule has 7 nitrogen and oxygen atoms in total. The van der Waals surface area contributed by atoms with Crippen molar-refractivity contribution in [1.29, 1.82) is 0 Å². The summed E-state index contributed by atoms with van der Waals surface area (Å²) >= 11 is 0. The second kappa shape index (κ2) is 9.56. The number of anilines is 1. The molecule has 0 atom stereocenters. The van der Waals surface area contributed by atoms with Gasteiger partial charge in [-0.2, -0.15) is 4.31 Å². The van der Waals surface area contributed by atoms with Crippen molar-refractivity contribution in [2.45, 2.75) is 30.6 Å². The van der Waals surface area contributed by atoms with Crippen molar-refractivity contribution >= 4 is 27.5 Å². The van der Waals surface area contributed by atoms with Gasteiger partial charge in [0.25, 0.3) is 5.91 Å². The molecule has 2 amide bonds. The zero-order valence-corrected chi connectivity index (χ0v) is 18.8. The minimum Gasteiger partial charge on any atom is -0.339 e. The summed E-state index contributed by atoms with van der Waals surface area (Å²) in [5, 5.41) is 2.84. The Balaban J connectivity index is 1.40. The Labute approximate surface area is 191 Å². The van der Waals surface area contributed by atoms with Gasteiger partial charge in [0.2, 0.25) is 15.9 Å². The molecule has 33 heavy (non-hydrogen) atoms. The molecule has 0 saturated carbocycles. The molecule has 176 valence electrons. The number of nitrogens with zero attached hydrogens (tertiary/aromatic N) is 2. The molecule has 4 rings (SSSR count). The summed E-state index contributed by atoms with van der Waals surface area (Å²) in [7, 11) is -3.99. The van der Waals surface area contributed by atoms with Gasteiger partial charge in [-0.1, -0.05) is 12.1 Å². The molecule has 2 aliphatic heterocycles. The van der Waals surface area contributed by atoms with Gasteiger partial charge in [0.15, 0.2) is 11.6 Å². The molecule has 2 aromatic rings. The van der Waals surface area contributed by atoms with Crippen LogP contribution in [0.4, 0.5) is 14.5 Å². The van der Waals surface area contributed by atoms with Crippen molar-refractivity contribution in [3.05, 3.63) is 59.7 Å². The molecule has 0 unspecified atom stereocenters. The van der Waals surface area contributed by atoms with E-state index in [0.717, 1.165) is 25.0 Å². The second-order valence-corrected chi connectivity index (χ2v) is 10.2. The van der Waals surface area contributed by atoms with Crippen LogP contribution in [-0.4, -0.2) is 55.6 Å². The Bertz CT molecular complexity index is 1160. The first-order valence-corrected chi connectivity index (χ1v) is 12.4. The van der Waals surface area contributed by atoms with E-state index in [9.17, 15) is 26.8 Å². The molecule has 2 heterocycles. The first-order chi connectivity index (χ1) is 15.8. The molecule has 2 saturated heterocycles. The normalized spacial score (nSPS) is 17.8. The third kappa shape index (κ3) is 4.91. The minimum absolute atomic E-state index is 0.0772. The molecule has 2 aromatic carbocycles. The van der Waals surface area contributed by atoms with E-state index in [4.69, 9.17) is 0 Å². The summed E-state index contributed by atoms with van der Waals surface area (Å²) in [5.41, 5.74) is 0.877. The maximum Gasteiger partial charge on any atom is 0.255 e. The number of carbonyl (C=O) groups is 2. The van der Waals surface area contributed by atoms with Crippen LogP contribution < -0.4 is 5.32 Å². The highest BCUT2D eigenvalue weighted by atomic mass is 32.2. The maximum atomic E-state index is 13.5. The lowest BCUT2D eigenvalue weighted by Crippen LogP contribution is -2.41. The minimum atomic E-state index is -3.99. The highest BCUT2D eigenvalue weighted by Gasteiger charge is 2.33. The average molecular weight is 478 g/mol. The Morgan fingerprint density at radius 3 is 2.24 bits per heavy atom. The summed E-state index contributed by atoms with van der Waals surface area (Å²) in [4.78, 5) is 27.1. The smallest absolute Gasteiger partial charge is 0.255 e. The first-order valence-electron chi connectivity index (χ1n) is 10.9. The van der Waals surface area contributed by atoms with Crippen LogP contribution in [0.2, 0.25) is 0 Å². The van der Waals surface area contributed by atoms with E-state index < -0.39 is 27.6 Å². The molecular formula is C23H25F2N3O4S. The highest BCUT2D eigenvalue weighted by Crippen LogP contribution is 2.27. The molecular weight excluding hydrogens is 452 g/mol. The summed E-state index contributed by atoms with van der Waals surface area (Å²) in [6.07, 6.45) is 2.48. The van der Waals surface area contributed by atoms with Gasteiger partial charge >= 0.3 is 0 Å². The number of para-hydroxylation sites is 1. The van der Waals surface area contributed by atoms with Gasteiger partial charge in [-0.3, -0.25) is 9.59 Å². The third-order valence-corrected chi connectivity index (χ3v) is 8.06. The topological polar surface area (TPSA) is 86.8 Å². The molecule has 0 spiro atoms. The van der Waals surface area contributed by atoms with Gasteiger partial charge in [0, 0.05) is 32.1 Å². The third-order valence-electron chi connectivity index (χ3n) is 6.16. The molecule has 0 aromatic heterocycles. The lowest BCUT2D eigenvalue weighted by Gasteiger charge is -2.30. The Hall–Kier alpha value is -2.85. The standard InChI is InChI=1S/C23H25F2N3O4S/c24-19-8-7-17(15-20(19)25)33(31,32)28-13-9-16(10-14-28)22(29)26-21-6-2-1-5-18(21)23(30)27-11-3-4-12-27/h1-2,5-8,15-16H,3-4,9-14H2,(H,26,29). The Kier molecular flexibility index (Phi) is 6.76. The summed E-state index contributed by atoms with van der Waals surface area (Å²) in [6, 6.07) is 9.34. The van der Waals surface area contributed by atoms with Crippen molar-refractivity contribution in [1.82, 2.24) is 9.21 Å². The molecule has 2 fully saturated rings. The van der Waals surface area contributed by atoms with E-state index >= 15 is 0 Å². The summed E-state index contributed by atoms with van der Waals surface area (Å²) in [6.45, 7) is 1.56. The number of benzene rings is 2. The van der Waals surface area contributed by atoms with Gasteiger partial charge in [0.1, 0.15) is 0 Å². The van der Waals surface area contributed by atoms with Crippen molar-refractivity contribution < 1.29 is 26.8 Å². The van der Waals surface area contributed by atoms with Gasteiger partial charge in [-0.25, -0.2) is 17.2 Å². The summed E-state index contributed by atoms with van der Waals surface area (Å²) < 4.78 is 53.4. The average Bonchev–Trinajstić information content (AvgIpc) is 3.36. The van der Waals surface area contributed by atoms with Gasteiger partial charge in [0.05, 0.1) is 16.1 Å². The van der Waals surface area contributed by atoms with Gasteiger partial charge in [-0.15, -0.1) is 0 Å². The Morgan fingerprint density at radius 1 is 0.909 bits per heavy atom. The quantitative estimate of drug-likeness (QED) is 0.716. The number of likely N-dealkylation sites (tertiary alicyclic amines) is 1. The second-order valence-electron chi connectivity index (χ2n) is 8.29. The number of rotatable bonds is 5. The maximum absolute atomic E-state index is 13.5. The van der Waals surface area contributed by atoms with Crippen LogP contribution in [0, 0.1) is 17.6 Å². The largest absolute Gasteiger partial charge is 0.339 e. The van der Waals surface area contributed by atoms with E-state index in [0.29, 0.717) is 30.4 Å². The monoisotopic (exact) mass is 477 g/mol. The molecule has 2 aliphatic rings. The lowest BCUT2D eigenvalue weighted by molar-refractivity contribution is -0.120. The predicted octanol–water partition coefficient (Wildman–Crippen LogP) is 3.24. The predicted molar refractivity (Wildman–Crippen MR) is 118 cm³/mol. The number of hydrogen-bond donors (Lipinski definition) is 1. The molecule has 0 radical (unpaired) electrons. The number of nitrogens with one attached hydrogen (secondary N) is 1. The van der Waals surface area contributed by atoms with E-state index in [2.05, 4.69) is 5.32 Å². The first kappa shape index (κ1) is 23.3. The fourth-order valence-electron chi connectivity index (χ4n) is 4.25. The Morgan fingerprint density at radius 2 is 1.58 bits per heavy atom. The highest BCUT2D eigenvalue weighted by molar-refractivity contribution is 7.89. The molecule has 0 aliphatic carbocycles. The molecule has 0 bridgehead atoms. The van der Waals surface area contributed by atoms with Crippen LogP contribution in [0.15, 0.2) is 47.4 Å².